The molecule has 1 rings (SSSR count). The van der Waals surface area contributed by atoms with E-state index in [2.05, 4.69) is 0 Å². The lowest BCUT2D eigenvalue weighted by Gasteiger charge is -2.01. The van der Waals surface area contributed by atoms with Crippen molar-refractivity contribution in [3.05, 3.63) is 28.8 Å². The monoisotopic (exact) mass is 184 g/mol. The summed E-state index contributed by atoms with van der Waals surface area (Å²) in [5.74, 6) is 0. The van der Waals surface area contributed by atoms with E-state index in [4.69, 9.17) is 21.6 Å². The highest BCUT2D eigenvalue weighted by atomic mass is 35.5. The van der Waals surface area contributed by atoms with E-state index in [0.29, 0.717) is 11.8 Å². The fraction of sp³-hybridized carbons (Fsp3) is 0. The normalized spacial score (nSPS) is 9.58. The topological polar surface area (TPSA) is 57.5 Å². The molecule has 0 fully saturated rings. The first-order valence-electron chi connectivity index (χ1n) is 3.26. The van der Waals surface area contributed by atoms with Crippen molar-refractivity contribution in [3.63, 3.8) is 0 Å². The van der Waals surface area contributed by atoms with E-state index in [0.717, 1.165) is 0 Å². The SMILES string of the molecule is O=Cc1ccc(B(O)O)c(Cl)c1. The number of hydrogen-bond acceptors (Lipinski definition) is 3. The van der Waals surface area contributed by atoms with Crippen LogP contribution in [0.1, 0.15) is 10.4 Å². The van der Waals surface area contributed by atoms with Gasteiger partial charge < -0.3 is 10.0 Å². The first kappa shape index (κ1) is 9.25. The summed E-state index contributed by atoms with van der Waals surface area (Å²) in [4.78, 5) is 10.3. The lowest BCUT2D eigenvalue weighted by molar-refractivity contribution is 0.112. The molecule has 0 spiro atoms. The Labute approximate surface area is 74.7 Å². The van der Waals surface area contributed by atoms with E-state index in [1.54, 1.807) is 0 Å². The van der Waals surface area contributed by atoms with Crippen LogP contribution in [0.4, 0.5) is 0 Å². The predicted octanol–water partition coefficient (Wildman–Crippen LogP) is -0.168. The van der Waals surface area contributed by atoms with Crippen LogP contribution < -0.4 is 5.46 Å². The van der Waals surface area contributed by atoms with E-state index >= 15 is 0 Å². The molecule has 3 nitrogen and oxygen atoms in total. The molecule has 0 amide bonds. The van der Waals surface area contributed by atoms with Gasteiger partial charge in [0, 0.05) is 16.0 Å². The van der Waals surface area contributed by atoms with Crippen LogP contribution in [0.3, 0.4) is 0 Å². The zero-order valence-corrected chi connectivity index (χ0v) is 6.82. The summed E-state index contributed by atoms with van der Waals surface area (Å²) in [6, 6.07) is 4.24. The number of aldehydes is 1. The third-order valence-corrected chi connectivity index (χ3v) is 1.77. The molecule has 0 saturated carbocycles. The number of carbonyl (C=O) groups excluding carboxylic acids is 1. The summed E-state index contributed by atoms with van der Waals surface area (Å²) < 4.78 is 0. The van der Waals surface area contributed by atoms with Crippen LogP contribution in [0.15, 0.2) is 18.2 Å². The van der Waals surface area contributed by atoms with Crippen LogP contribution in [-0.4, -0.2) is 23.5 Å². The molecule has 0 aliphatic carbocycles. The summed E-state index contributed by atoms with van der Waals surface area (Å²) in [7, 11) is -1.60. The van der Waals surface area contributed by atoms with Gasteiger partial charge in [-0.1, -0.05) is 23.7 Å². The Kier molecular flexibility index (Phi) is 2.86. The van der Waals surface area contributed by atoms with Gasteiger partial charge in [-0.3, -0.25) is 4.79 Å². The highest BCUT2D eigenvalue weighted by Crippen LogP contribution is 2.07. The molecule has 0 unspecified atom stereocenters. The Morgan fingerprint density at radius 3 is 2.50 bits per heavy atom. The Hall–Kier alpha value is -0.835. The first-order valence-corrected chi connectivity index (χ1v) is 3.63. The molecular weight excluding hydrogens is 178 g/mol. The zero-order chi connectivity index (χ0) is 9.14. The van der Waals surface area contributed by atoms with Crippen LogP contribution in [0.5, 0.6) is 0 Å². The van der Waals surface area contributed by atoms with E-state index in [-0.39, 0.29) is 10.5 Å². The lowest BCUT2D eigenvalue weighted by atomic mass is 9.80. The van der Waals surface area contributed by atoms with Crippen LogP contribution in [0.25, 0.3) is 0 Å². The van der Waals surface area contributed by atoms with Crippen molar-refractivity contribution < 1.29 is 14.8 Å². The van der Waals surface area contributed by atoms with Gasteiger partial charge in [0.15, 0.2) is 0 Å². The molecule has 0 heterocycles. The van der Waals surface area contributed by atoms with Crippen molar-refractivity contribution in [2.75, 3.05) is 0 Å². The van der Waals surface area contributed by atoms with Gasteiger partial charge in [-0.05, 0) is 6.07 Å². The largest absolute Gasteiger partial charge is 0.489 e. The summed E-state index contributed by atoms with van der Waals surface area (Å²) in [5, 5.41) is 17.7. The maximum absolute atomic E-state index is 10.3. The Balaban J connectivity index is 3.11. The molecule has 1 aromatic rings. The molecular formula is C7H6BClO3. The molecule has 1 aromatic carbocycles. The van der Waals surface area contributed by atoms with Crippen LogP contribution >= 0.6 is 11.6 Å². The molecule has 0 bridgehead atoms. The maximum atomic E-state index is 10.3. The van der Waals surface area contributed by atoms with Crippen LogP contribution in [0, 0.1) is 0 Å². The Bertz CT molecular complexity index is 301. The highest BCUT2D eigenvalue weighted by Gasteiger charge is 2.14. The second-order valence-corrected chi connectivity index (χ2v) is 2.68. The van der Waals surface area contributed by atoms with Crippen LogP contribution in [0.2, 0.25) is 5.02 Å². The maximum Gasteiger partial charge on any atom is 0.489 e. The summed E-state index contributed by atoms with van der Waals surface area (Å²) in [5.41, 5.74) is 0.603. The van der Waals surface area contributed by atoms with Crippen molar-refractivity contribution >= 4 is 30.5 Å². The highest BCUT2D eigenvalue weighted by molar-refractivity contribution is 6.62. The third-order valence-electron chi connectivity index (χ3n) is 1.44. The van der Waals surface area contributed by atoms with Gasteiger partial charge in [-0.15, -0.1) is 0 Å². The molecule has 0 aliphatic rings. The smallest absolute Gasteiger partial charge is 0.423 e. The van der Waals surface area contributed by atoms with Gasteiger partial charge in [0.05, 0.1) is 0 Å². The van der Waals surface area contributed by atoms with Crippen LogP contribution in [-0.2, 0) is 0 Å². The second-order valence-electron chi connectivity index (χ2n) is 2.27. The van der Waals surface area contributed by atoms with Crippen molar-refractivity contribution in [2.45, 2.75) is 0 Å². The minimum atomic E-state index is -1.60. The molecule has 0 aromatic heterocycles. The predicted molar refractivity (Wildman–Crippen MR) is 46.7 cm³/mol. The van der Waals surface area contributed by atoms with Crippen molar-refractivity contribution in [1.29, 1.82) is 0 Å². The van der Waals surface area contributed by atoms with E-state index in [1.165, 1.54) is 18.2 Å². The molecule has 12 heavy (non-hydrogen) atoms. The molecule has 0 saturated heterocycles. The Morgan fingerprint density at radius 1 is 1.42 bits per heavy atom. The van der Waals surface area contributed by atoms with Gasteiger partial charge in [0.2, 0.25) is 0 Å². The minimum Gasteiger partial charge on any atom is -0.423 e. The number of halogens is 1. The molecule has 0 radical (unpaired) electrons. The van der Waals surface area contributed by atoms with Gasteiger partial charge in [0.1, 0.15) is 6.29 Å². The number of hydrogen-bond donors (Lipinski definition) is 2. The van der Waals surface area contributed by atoms with E-state index < -0.39 is 7.12 Å². The summed E-state index contributed by atoms with van der Waals surface area (Å²) in [6.45, 7) is 0. The average molecular weight is 184 g/mol. The Morgan fingerprint density at radius 2 is 2.08 bits per heavy atom. The third kappa shape index (κ3) is 1.85. The standard InChI is InChI=1S/C7H6BClO3/c9-7-3-5(4-10)1-2-6(7)8(11)12/h1-4,11-12H. The average Bonchev–Trinajstić information content (AvgIpc) is 2.03. The van der Waals surface area contributed by atoms with Gasteiger partial charge in [-0.2, -0.15) is 0 Å². The van der Waals surface area contributed by atoms with Gasteiger partial charge in [-0.25, -0.2) is 0 Å². The fourth-order valence-corrected chi connectivity index (χ4v) is 1.11. The van der Waals surface area contributed by atoms with Crippen molar-refractivity contribution in [3.8, 4) is 0 Å². The lowest BCUT2D eigenvalue weighted by Crippen LogP contribution is -2.30. The summed E-state index contributed by atoms with van der Waals surface area (Å²) >= 11 is 5.62. The zero-order valence-electron chi connectivity index (χ0n) is 6.07. The summed E-state index contributed by atoms with van der Waals surface area (Å²) in [6.07, 6.45) is 0.638. The fourth-order valence-electron chi connectivity index (χ4n) is 0.826. The van der Waals surface area contributed by atoms with Crippen molar-refractivity contribution in [2.24, 2.45) is 0 Å². The number of carbonyl (C=O) groups is 1. The molecule has 5 heteroatoms. The number of rotatable bonds is 2. The molecule has 0 atom stereocenters. The number of benzene rings is 1. The van der Waals surface area contributed by atoms with Gasteiger partial charge in [0.25, 0.3) is 0 Å². The minimum absolute atomic E-state index is 0.176. The van der Waals surface area contributed by atoms with Crippen molar-refractivity contribution in [1.82, 2.24) is 0 Å². The van der Waals surface area contributed by atoms with E-state index in [1.807, 2.05) is 0 Å². The quantitative estimate of drug-likeness (QED) is 0.496. The van der Waals surface area contributed by atoms with Gasteiger partial charge >= 0.3 is 7.12 Å². The molecule has 62 valence electrons. The molecule has 2 N–H and O–H groups in total. The molecule has 0 aliphatic heterocycles. The first-order chi connectivity index (χ1) is 5.65. The second kappa shape index (κ2) is 3.71. The van der Waals surface area contributed by atoms with E-state index in [9.17, 15) is 4.79 Å².